The summed E-state index contributed by atoms with van der Waals surface area (Å²) in [5, 5.41) is 12.0. The number of ether oxygens (including phenoxy) is 1. The molecule has 2 fully saturated rings. The number of aliphatic imine (C=N–C) groups is 1. The first-order valence-electron chi connectivity index (χ1n) is 10.2. The molecule has 1 aromatic carbocycles. The third-order valence-corrected chi connectivity index (χ3v) is 6.32. The average molecular weight is 446 g/mol. The monoisotopic (exact) mass is 445 g/mol. The van der Waals surface area contributed by atoms with E-state index in [0.29, 0.717) is 34.3 Å². The number of nitrogens with zero attached hydrogens (tertiary/aromatic N) is 2. The van der Waals surface area contributed by atoms with Gasteiger partial charge in [-0.15, -0.1) is 0 Å². The number of hydrogen-bond donors (Lipinski definition) is 3. The molecule has 1 saturated heterocycles. The molecule has 4 rings (SSSR count). The molecular formula is C22H25ClFN5O2. The molecule has 31 heavy (non-hydrogen) atoms. The van der Waals surface area contributed by atoms with Crippen LogP contribution in [0.3, 0.4) is 0 Å². The van der Waals surface area contributed by atoms with E-state index in [1.165, 1.54) is 23.1 Å². The third-order valence-electron chi connectivity index (χ3n) is 5.76. The summed E-state index contributed by atoms with van der Waals surface area (Å²) >= 11 is 6.19. The Morgan fingerprint density at radius 2 is 2.13 bits per heavy atom. The second-order valence-electron chi connectivity index (χ2n) is 8.18. The molecule has 0 bridgehead atoms. The van der Waals surface area contributed by atoms with Crippen LogP contribution in [0.5, 0.6) is 5.75 Å². The van der Waals surface area contributed by atoms with Crippen LogP contribution >= 0.6 is 11.6 Å². The summed E-state index contributed by atoms with van der Waals surface area (Å²) in [4.78, 5) is 19.2. The van der Waals surface area contributed by atoms with Gasteiger partial charge in [0.25, 0.3) is 5.91 Å². The molecule has 3 aliphatic rings. The summed E-state index contributed by atoms with van der Waals surface area (Å²) < 4.78 is 19.9. The van der Waals surface area contributed by atoms with Crippen LogP contribution in [-0.4, -0.2) is 47.5 Å². The van der Waals surface area contributed by atoms with Gasteiger partial charge in [0, 0.05) is 23.4 Å². The van der Waals surface area contributed by atoms with Gasteiger partial charge in [-0.05, 0) is 45.2 Å². The number of allylic oxidation sites excluding steroid dienone is 2. The van der Waals surface area contributed by atoms with Crippen molar-refractivity contribution < 1.29 is 13.9 Å². The maximum Gasteiger partial charge on any atom is 0.258 e. The summed E-state index contributed by atoms with van der Waals surface area (Å²) in [7, 11) is 0. The van der Waals surface area contributed by atoms with Crippen molar-refractivity contribution in [1.82, 2.24) is 10.2 Å². The highest BCUT2D eigenvalue weighted by atomic mass is 35.5. The predicted molar refractivity (Wildman–Crippen MR) is 118 cm³/mol. The zero-order valence-corrected chi connectivity index (χ0v) is 18.2. The van der Waals surface area contributed by atoms with Gasteiger partial charge in [0.2, 0.25) is 0 Å². The number of nitrogens with one attached hydrogen (secondary N) is 2. The standard InChI is InChI=1S/C22H25ClFN5O2/c1-11-20(23)12(2)28-21(27-11)17-9-29(10-18(17)26)22(30)16-6-3-13(24)7-19(16)31-15-5-4-14(25)8-15/h3,6-7,14-15,26-27H,4-5,8-10,25H2,1-2H3/b21-17+,26-18?/t14-,15?/m0/s1. The third kappa shape index (κ3) is 4.36. The lowest BCUT2D eigenvalue weighted by Gasteiger charge is -2.20. The van der Waals surface area contributed by atoms with Crippen molar-refractivity contribution in [3.63, 3.8) is 0 Å². The van der Waals surface area contributed by atoms with Crippen LogP contribution < -0.4 is 15.8 Å². The number of carbonyl (C=O) groups excluding carboxylic acids is 1. The summed E-state index contributed by atoms with van der Waals surface area (Å²) in [6, 6.07) is 3.98. The molecule has 2 aliphatic heterocycles. The molecule has 1 saturated carbocycles. The van der Waals surface area contributed by atoms with Gasteiger partial charge in [-0.3, -0.25) is 4.79 Å². The van der Waals surface area contributed by atoms with E-state index in [1.807, 2.05) is 6.92 Å². The second kappa shape index (κ2) is 8.43. The van der Waals surface area contributed by atoms with Gasteiger partial charge in [0.05, 0.1) is 35.1 Å². The molecule has 2 atom stereocenters. The zero-order chi connectivity index (χ0) is 22.3. The summed E-state index contributed by atoms with van der Waals surface area (Å²) in [6.07, 6.45) is 2.15. The van der Waals surface area contributed by atoms with Crippen LogP contribution in [0, 0.1) is 11.2 Å². The Hall–Kier alpha value is -2.71. The maximum absolute atomic E-state index is 13.9. The first-order valence-corrected chi connectivity index (χ1v) is 10.6. The minimum absolute atomic E-state index is 0.0592. The van der Waals surface area contributed by atoms with Crippen molar-refractivity contribution >= 4 is 28.9 Å². The molecule has 1 aliphatic carbocycles. The Morgan fingerprint density at radius 3 is 2.81 bits per heavy atom. The Balaban J connectivity index is 1.57. The topological polar surface area (TPSA) is 104 Å². The Kier molecular flexibility index (Phi) is 5.85. The number of benzene rings is 1. The lowest BCUT2D eigenvalue weighted by atomic mass is 10.1. The van der Waals surface area contributed by atoms with Crippen LogP contribution in [0.1, 0.15) is 43.5 Å². The molecule has 1 amide bonds. The molecule has 0 radical (unpaired) electrons. The van der Waals surface area contributed by atoms with Gasteiger partial charge in [-0.2, -0.15) is 0 Å². The van der Waals surface area contributed by atoms with Crippen LogP contribution in [0.4, 0.5) is 4.39 Å². The molecule has 2 heterocycles. The lowest BCUT2D eigenvalue weighted by Crippen LogP contribution is -2.30. The summed E-state index contributed by atoms with van der Waals surface area (Å²) in [5.41, 5.74) is 8.55. The van der Waals surface area contributed by atoms with E-state index in [2.05, 4.69) is 10.3 Å². The Morgan fingerprint density at radius 1 is 1.35 bits per heavy atom. The molecule has 7 nitrogen and oxygen atoms in total. The maximum atomic E-state index is 13.9. The van der Waals surface area contributed by atoms with E-state index in [-0.39, 0.29) is 42.5 Å². The van der Waals surface area contributed by atoms with Crippen LogP contribution in [0.2, 0.25) is 0 Å². The number of amides is 1. The fourth-order valence-electron chi connectivity index (χ4n) is 4.08. The van der Waals surface area contributed by atoms with Gasteiger partial charge in [-0.25, -0.2) is 9.38 Å². The van der Waals surface area contributed by atoms with E-state index in [4.69, 9.17) is 27.5 Å². The van der Waals surface area contributed by atoms with Crippen molar-refractivity contribution in [3.05, 3.63) is 51.7 Å². The quantitative estimate of drug-likeness (QED) is 0.663. The molecule has 0 spiro atoms. The van der Waals surface area contributed by atoms with Gasteiger partial charge < -0.3 is 26.1 Å². The smallest absolute Gasteiger partial charge is 0.258 e. The normalized spacial score (nSPS) is 26.3. The highest BCUT2D eigenvalue weighted by Gasteiger charge is 2.33. The number of likely N-dealkylation sites (tertiary alicyclic amines) is 1. The zero-order valence-electron chi connectivity index (χ0n) is 17.5. The minimum Gasteiger partial charge on any atom is -0.489 e. The van der Waals surface area contributed by atoms with E-state index < -0.39 is 5.82 Å². The molecule has 1 unspecified atom stereocenters. The fraction of sp³-hybridized carbons (Fsp3) is 0.409. The number of carbonyl (C=O) groups is 1. The number of halogens is 2. The SMILES string of the molecule is CC1=N/C(=C2\CN(C(=O)c3ccc(F)cc3OC3CC[C@H](N)C3)CC2=N)NC(C)=C1Cl. The molecule has 9 heteroatoms. The van der Waals surface area contributed by atoms with E-state index >= 15 is 0 Å². The molecule has 164 valence electrons. The number of hydrogen-bond acceptors (Lipinski definition) is 6. The van der Waals surface area contributed by atoms with Crippen molar-refractivity contribution in [3.8, 4) is 5.75 Å². The first-order chi connectivity index (χ1) is 14.7. The summed E-state index contributed by atoms with van der Waals surface area (Å²) in [6.45, 7) is 3.98. The van der Waals surface area contributed by atoms with Crippen molar-refractivity contribution in [2.75, 3.05) is 13.1 Å². The van der Waals surface area contributed by atoms with Crippen LogP contribution in [-0.2, 0) is 0 Å². The predicted octanol–water partition coefficient (Wildman–Crippen LogP) is 3.31. The lowest BCUT2D eigenvalue weighted by molar-refractivity contribution is 0.0796. The molecule has 0 aromatic heterocycles. The van der Waals surface area contributed by atoms with Crippen molar-refractivity contribution in [1.29, 1.82) is 5.41 Å². The molecule has 4 N–H and O–H groups in total. The molecule has 1 aromatic rings. The Labute approximate surface area is 185 Å². The largest absolute Gasteiger partial charge is 0.489 e. The summed E-state index contributed by atoms with van der Waals surface area (Å²) in [5.74, 6) is -0.0530. The number of nitrogens with two attached hydrogens (primary N) is 1. The van der Waals surface area contributed by atoms with Crippen LogP contribution in [0.15, 0.2) is 45.3 Å². The highest BCUT2D eigenvalue weighted by Crippen LogP contribution is 2.30. The van der Waals surface area contributed by atoms with Gasteiger partial charge in [0.15, 0.2) is 0 Å². The minimum atomic E-state index is -0.471. The van der Waals surface area contributed by atoms with E-state index in [9.17, 15) is 9.18 Å². The van der Waals surface area contributed by atoms with Gasteiger partial charge >= 0.3 is 0 Å². The van der Waals surface area contributed by atoms with Crippen molar-refractivity contribution in [2.45, 2.75) is 45.3 Å². The van der Waals surface area contributed by atoms with E-state index in [0.717, 1.165) is 18.5 Å². The number of rotatable bonds is 3. The fourth-order valence-corrected chi connectivity index (χ4v) is 4.17. The first kappa shape index (κ1) is 21.5. The highest BCUT2D eigenvalue weighted by molar-refractivity contribution is 6.43. The van der Waals surface area contributed by atoms with Gasteiger partial charge in [0.1, 0.15) is 23.5 Å². The molecular weight excluding hydrogens is 421 g/mol. The van der Waals surface area contributed by atoms with E-state index in [1.54, 1.807) is 6.92 Å². The average Bonchev–Trinajstić information content (AvgIpc) is 3.30. The Bertz CT molecular complexity index is 1050. The van der Waals surface area contributed by atoms with Crippen molar-refractivity contribution in [2.24, 2.45) is 10.7 Å². The van der Waals surface area contributed by atoms with Gasteiger partial charge in [-0.1, -0.05) is 11.6 Å². The second-order valence-corrected chi connectivity index (χ2v) is 8.56. The van der Waals surface area contributed by atoms with Crippen LogP contribution in [0.25, 0.3) is 0 Å².